The summed E-state index contributed by atoms with van der Waals surface area (Å²) < 4.78 is 16.2. The number of benzene rings is 1. The number of aliphatic carboxylic acids is 1. The Hall–Kier alpha value is -2.19. The van der Waals surface area contributed by atoms with E-state index in [2.05, 4.69) is 14.8 Å². The molecular formula is C30H35Cl2FN4O2. The third kappa shape index (κ3) is 5.69. The van der Waals surface area contributed by atoms with E-state index in [4.69, 9.17) is 23.2 Å². The highest BCUT2D eigenvalue weighted by atomic mass is 35.5. The van der Waals surface area contributed by atoms with E-state index in [9.17, 15) is 14.3 Å². The molecule has 0 bridgehead atoms. The fourth-order valence-corrected chi connectivity index (χ4v) is 7.51. The van der Waals surface area contributed by atoms with Crippen LogP contribution in [0, 0.1) is 17.7 Å². The summed E-state index contributed by atoms with van der Waals surface area (Å²) in [4.78, 5) is 21.5. The predicted octanol–water partition coefficient (Wildman–Crippen LogP) is 6.32. The summed E-state index contributed by atoms with van der Waals surface area (Å²) in [5.41, 5.74) is 2.85. The second-order valence-corrected chi connectivity index (χ2v) is 12.6. The maximum Gasteiger partial charge on any atom is 0.320 e. The Labute approximate surface area is 238 Å². The largest absolute Gasteiger partial charge is 0.480 e. The van der Waals surface area contributed by atoms with Crippen molar-refractivity contribution in [1.29, 1.82) is 0 Å². The topological polar surface area (TPSA) is 61.1 Å². The van der Waals surface area contributed by atoms with E-state index in [1.807, 2.05) is 22.9 Å². The van der Waals surface area contributed by atoms with Gasteiger partial charge in [0.15, 0.2) is 5.65 Å². The van der Waals surface area contributed by atoms with Crippen molar-refractivity contribution < 1.29 is 14.3 Å². The first-order valence-corrected chi connectivity index (χ1v) is 14.9. The molecule has 3 aliphatic rings. The highest BCUT2D eigenvalue weighted by Gasteiger charge is 2.41. The lowest BCUT2D eigenvalue weighted by Crippen LogP contribution is -2.43. The van der Waals surface area contributed by atoms with Gasteiger partial charge in [0.25, 0.3) is 0 Å². The van der Waals surface area contributed by atoms with Gasteiger partial charge in [-0.25, -0.2) is 9.37 Å². The van der Waals surface area contributed by atoms with Gasteiger partial charge in [0.1, 0.15) is 11.9 Å². The van der Waals surface area contributed by atoms with Crippen molar-refractivity contribution in [2.45, 2.75) is 56.4 Å². The molecule has 3 atom stereocenters. The van der Waals surface area contributed by atoms with Gasteiger partial charge in [-0.05, 0) is 68.0 Å². The minimum absolute atomic E-state index is 0.115. The van der Waals surface area contributed by atoms with E-state index < -0.39 is 12.0 Å². The molecule has 3 fully saturated rings. The Balaban J connectivity index is 1.16. The molecule has 2 saturated heterocycles. The van der Waals surface area contributed by atoms with Crippen LogP contribution in [0.1, 0.15) is 61.6 Å². The van der Waals surface area contributed by atoms with E-state index in [1.165, 1.54) is 12.5 Å². The summed E-state index contributed by atoms with van der Waals surface area (Å²) in [5, 5.41) is 11.3. The normalized spacial score (nSPS) is 24.3. The quantitative estimate of drug-likeness (QED) is 0.342. The first kappa shape index (κ1) is 27.0. The first-order chi connectivity index (χ1) is 18.9. The van der Waals surface area contributed by atoms with E-state index in [1.54, 1.807) is 18.2 Å². The molecule has 0 radical (unpaired) electrons. The SMILES string of the molecule is O=C(O)[C@H](CC1CCC1)N1CC(CN2CCC(c3cnc4c(Cl)cc(Cl)cn34)CC2)[C@@H](c2cccc(F)c2)C1. The third-order valence-electron chi connectivity index (χ3n) is 9.31. The van der Waals surface area contributed by atoms with E-state index in [0.29, 0.717) is 28.4 Å². The van der Waals surface area contributed by atoms with Crippen molar-refractivity contribution in [1.82, 2.24) is 19.2 Å². The fraction of sp³-hybridized carbons (Fsp3) is 0.533. The van der Waals surface area contributed by atoms with E-state index in [-0.39, 0.29) is 17.7 Å². The number of aromatic nitrogens is 2. The molecule has 1 aromatic carbocycles. The molecule has 2 aromatic heterocycles. The van der Waals surface area contributed by atoms with Gasteiger partial charge in [0, 0.05) is 49.6 Å². The van der Waals surface area contributed by atoms with Crippen LogP contribution in [0.2, 0.25) is 10.0 Å². The van der Waals surface area contributed by atoms with Gasteiger partial charge >= 0.3 is 5.97 Å². The van der Waals surface area contributed by atoms with Gasteiger partial charge in [-0.15, -0.1) is 0 Å². The van der Waals surface area contributed by atoms with Gasteiger partial charge in [0.05, 0.1) is 10.0 Å². The lowest BCUT2D eigenvalue weighted by molar-refractivity contribution is -0.144. The van der Waals surface area contributed by atoms with Crippen molar-refractivity contribution in [3.8, 4) is 0 Å². The van der Waals surface area contributed by atoms with Crippen molar-refractivity contribution in [3.05, 3.63) is 69.8 Å². The highest BCUT2D eigenvalue weighted by molar-refractivity contribution is 6.36. The summed E-state index contributed by atoms with van der Waals surface area (Å²) in [6.45, 7) is 4.17. The number of imidazole rings is 1. The number of likely N-dealkylation sites (tertiary alicyclic amines) is 2. The molecule has 39 heavy (non-hydrogen) atoms. The number of hydrogen-bond acceptors (Lipinski definition) is 4. The Bertz CT molecular complexity index is 1340. The number of fused-ring (bicyclic) bond motifs is 1. The maximum absolute atomic E-state index is 14.2. The van der Waals surface area contributed by atoms with Gasteiger partial charge < -0.3 is 14.4 Å². The lowest BCUT2D eigenvalue weighted by atomic mass is 9.80. The molecule has 1 aliphatic carbocycles. The minimum Gasteiger partial charge on any atom is -0.480 e. The molecule has 1 unspecified atom stereocenters. The smallest absolute Gasteiger partial charge is 0.320 e. The summed E-state index contributed by atoms with van der Waals surface area (Å²) in [6, 6.07) is 8.14. The minimum atomic E-state index is -0.727. The Morgan fingerprint density at radius 1 is 1.13 bits per heavy atom. The molecule has 208 valence electrons. The van der Waals surface area contributed by atoms with Crippen LogP contribution < -0.4 is 0 Å². The zero-order valence-corrected chi connectivity index (χ0v) is 23.5. The van der Waals surface area contributed by atoms with Gasteiger partial charge in [0.2, 0.25) is 0 Å². The summed E-state index contributed by atoms with van der Waals surface area (Å²) in [5.74, 6) is 0.284. The number of halogens is 3. The fourth-order valence-electron chi connectivity index (χ4n) is 6.99. The molecule has 3 aromatic rings. The second kappa shape index (κ2) is 11.4. The van der Waals surface area contributed by atoms with Crippen LogP contribution in [0.5, 0.6) is 0 Å². The highest BCUT2D eigenvalue weighted by Crippen LogP contribution is 2.39. The monoisotopic (exact) mass is 572 g/mol. The molecule has 1 N–H and O–H groups in total. The standard InChI is InChI=1S/C30H35Cl2FN4O2/c31-23-13-26(32)29-34-14-28(37(29)17-23)20-7-9-35(10-8-20)15-22-16-36(27(30(38)39)11-19-3-1-4-19)18-25(22)21-5-2-6-24(33)12-21/h2,5-6,12-14,17,19-20,22,25,27H,1,3-4,7-11,15-16,18H2,(H,38,39)/t22?,25-,27+/m1/s1. The summed E-state index contributed by atoms with van der Waals surface area (Å²) in [7, 11) is 0. The maximum atomic E-state index is 14.2. The van der Waals surface area contributed by atoms with Crippen LogP contribution in [0.4, 0.5) is 4.39 Å². The number of pyridine rings is 1. The van der Waals surface area contributed by atoms with Crippen molar-refractivity contribution >= 4 is 34.8 Å². The van der Waals surface area contributed by atoms with Crippen LogP contribution in [-0.2, 0) is 4.79 Å². The summed E-state index contributed by atoms with van der Waals surface area (Å²) >= 11 is 12.6. The number of piperidine rings is 1. The predicted molar refractivity (Wildman–Crippen MR) is 151 cm³/mol. The summed E-state index contributed by atoms with van der Waals surface area (Å²) in [6.07, 6.45) is 9.99. The second-order valence-electron chi connectivity index (χ2n) is 11.7. The van der Waals surface area contributed by atoms with Crippen LogP contribution in [0.15, 0.2) is 42.7 Å². The Morgan fingerprint density at radius 3 is 2.62 bits per heavy atom. The lowest BCUT2D eigenvalue weighted by Gasteiger charge is -2.35. The average molecular weight is 574 g/mol. The number of carbonyl (C=O) groups is 1. The number of carboxylic acid groups (broad SMARTS) is 1. The number of hydrogen-bond donors (Lipinski definition) is 1. The Morgan fingerprint density at radius 2 is 1.92 bits per heavy atom. The molecule has 2 aliphatic heterocycles. The van der Waals surface area contributed by atoms with Crippen molar-refractivity contribution in [2.24, 2.45) is 11.8 Å². The van der Waals surface area contributed by atoms with Gasteiger partial charge in [-0.3, -0.25) is 9.69 Å². The molecule has 6 rings (SSSR count). The van der Waals surface area contributed by atoms with E-state index >= 15 is 0 Å². The zero-order chi connectivity index (χ0) is 27.1. The van der Waals surface area contributed by atoms with Crippen molar-refractivity contribution in [3.63, 3.8) is 0 Å². The van der Waals surface area contributed by atoms with Crippen LogP contribution in [0.25, 0.3) is 5.65 Å². The molecule has 0 spiro atoms. The van der Waals surface area contributed by atoms with Crippen LogP contribution in [-0.4, -0.2) is 69.0 Å². The van der Waals surface area contributed by atoms with Crippen LogP contribution >= 0.6 is 23.2 Å². The third-order valence-corrected chi connectivity index (χ3v) is 9.79. The van der Waals surface area contributed by atoms with Crippen molar-refractivity contribution in [2.75, 3.05) is 32.7 Å². The molecule has 9 heteroatoms. The van der Waals surface area contributed by atoms with Gasteiger partial charge in [-0.2, -0.15) is 0 Å². The van der Waals surface area contributed by atoms with Gasteiger partial charge in [-0.1, -0.05) is 54.6 Å². The van der Waals surface area contributed by atoms with Crippen LogP contribution in [0.3, 0.4) is 0 Å². The first-order valence-electron chi connectivity index (χ1n) is 14.1. The average Bonchev–Trinajstić information content (AvgIpc) is 3.48. The Kier molecular flexibility index (Phi) is 7.86. The molecular weight excluding hydrogens is 538 g/mol. The molecule has 0 amide bonds. The number of carboxylic acids is 1. The molecule has 4 heterocycles. The molecule has 1 saturated carbocycles. The van der Waals surface area contributed by atoms with E-state index in [0.717, 1.165) is 75.2 Å². The zero-order valence-electron chi connectivity index (χ0n) is 22.0. The molecule has 6 nitrogen and oxygen atoms in total. The number of nitrogens with zero attached hydrogens (tertiary/aromatic N) is 4. The number of rotatable bonds is 8.